The van der Waals surface area contributed by atoms with Crippen LogP contribution in [0.2, 0.25) is 0 Å². The zero-order chi connectivity index (χ0) is 8.27. The molecule has 1 heterocycles. The predicted molar refractivity (Wildman–Crippen MR) is 42.8 cm³/mol. The van der Waals surface area contributed by atoms with Crippen molar-refractivity contribution in [3.8, 4) is 0 Å². The molecule has 0 aromatic heterocycles. The molecule has 0 saturated carbocycles. The number of nitrogens with zero attached hydrogens (tertiary/aromatic N) is 1. The van der Waals surface area contributed by atoms with Crippen LogP contribution in [0.1, 0.15) is 12.8 Å². The maximum absolute atomic E-state index is 10.5. The SMILES string of the molecule is NC(=O)CN1CCCC(N)C1. The normalized spacial score (nSPS) is 26.8. The number of carbonyl (C=O) groups excluding carboxylic acids is 1. The Hall–Kier alpha value is -0.610. The van der Waals surface area contributed by atoms with Crippen molar-refractivity contribution < 1.29 is 4.79 Å². The van der Waals surface area contributed by atoms with Gasteiger partial charge >= 0.3 is 0 Å². The lowest BCUT2D eigenvalue weighted by Crippen LogP contribution is -2.45. The Morgan fingerprint density at radius 3 is 2.91 bits per heavy atom. The number of hydrogen-bond acceptors (Lipinski definition) is 3. The van der Waals surface area contributed by atoms with Crippen molar-refractivity contribution in [3.63, 3.8) is 0 Å². The van der Waals surface area contributed by atoms with Crippen molar-refractivity contribution in [3.05, 3.63) is 0 Å². The van der Waals surface area contributed by atoms with Crippen LogP contribution in [-0.2, 0) is 4.79 Å². The number of amides is 1. The molecule has 0 spiro atoms. The average molecular weight is 157 g/mol. The third-order valence-electron chi connectivity index (χ3n) is 1.92. The van der Waals surface area contributed by atoms with Crippen LogP contribution in [0.4, 0.5) is 0 Å². The lowest BCUT2D eigenvalue weighted by atomic mass is 10.1. The van der Waals surface area contributed by atoms with Gasteiger partial charge in [0.15, 0.2) is 0 Å². The smallest absolute Gasteiger partial charge is 0.231 e. The van der Waals surface area contributed by atoms with Crippen molar-refractivity contribution >= 4 is 5.91 Å². The van der Waals surface area contributed by atoms with Gasteiger partial charge in [0, 0.05) is 12.6 Å². The maximum Gasteiger partial charge on any atom is 0.231 e. The van der Waals surface area contributed by atoms with Gasteiger partial charge in [-0.2, -0.15) is 0 Å². The highest BCUT2D eigenvalue weighted by molar-refractivity contribution is 5.75. The lowest BCUT2D eigenvalue weighted by molar-refractivity contribution is -0.119. The second-order valence-corrected chi connectivity index (χ2v) is 3.10. The minimum atomic E-state index is -0.265. The van der Waals surface area contributed by atoms with Crippen LogP contribution in [0.25, 0.3) is 0 Å². The number of hydrogen-bond donors (Lipinski definition) is 2. The summed E-state index contributed by atoms with van der Waals surface area (Å²) in [5.41, 5.74) is 10.8. The van der Waals surface area contributed by atoms with Crippen LogP contribution in [0.5, 0.6) is 0 Å². The number of likely N-dealkylation sites (tertiary alicyclic amines) is 1. The van der Waals surface area contributed by atoms with Gasteiger partial charge in [0.2, 0.25) is 5.91 Å². The van der Waals surface area contributed by atoms with Crippen molar-refractivity contribution in [1.29, 1.82) is 0 Å². The molecule has 0 radical (unpaired) electrons. The third-order valence-corrected chi connectivity index (χ3v) is 1.92. The van der Waals surface area contributed by atoms with Gasteiger partial charge in [-0.25, -0.2) is 0 Å². The summed E-state index contributed by atoms with van der Waals surface area (Å²) in [6, 6.07) is 0.225. The largest absolute Gasteiger partial charge is 0.369 e. The fraction of sp³-hybridized carbons (Fsp3) is 0.857. The Morgan fingerprint density at radius 1 is 1.64 bits per heavy atom. The summed E-state index contributed by atoms with van der Waals surface area (Å²) in [6.07, 6.45) is 2.14. The standard InChI is InChI=1S/C7H15N3O/c8-6-2-1-3-10(4-6)5-7(9)11/h6H,1-5,8H2,(H2,9,11). The van der Waals surface area contributed by atoms with Crippen LogP contribution >= 0.6 is 0 Å². The monoisotopic (exact) mass is 157 g/mol. The first kappa shape index (κ1) is 8.49. The Bertz CT molecular complexity index is 149. The second-order valence-electron chi connectivity index (χ2n) is 3.10. The van der Waals surface area contributed by atoms with Gasteiger partial charge in [0.25, 0.3) is 0 Å². The van der Waals surface area contributed by atoms with Crippen LogP contribution in [0.3, 0.4) is 0 Å². The van der Waals surface area contributed by atoms with E-state index in [1.807, 2.05) is 4.90 Å². The zero-order valence-corrected chi connectivity index (χ0v) is 6.62. The van der Waals surface area contributed by atoms with Gasteiger partial charge in [-0.15, -0.1) is 0 Å². The highest BCUT2D eigenvalue weighted by Crippen LogP contribution is 2.06. The molecule has 0 aromatic carbocycles. The van der Waals surface area contributed by atoms with Crippen LogP contribution < -0.4 is 11.5 Å². The maximum atomic E-state index is 10.5. The summed E-state index contributed by atoms with van der Waals surface area (Å²) in [5, 5.41) is 0. The fourth-order valence-electron chi connectivity index (χ4n) is 1.46. The zero-order valence-electron chi connectivity index (χ0n) is 6.62. The van der Waals surface area contributed by atoms with Gasteiger partial charge in [0.1, 0.15) is 0 Å². The van der Waals surface area contributed by atoms with E-state index < -0.39 is 0 Å². The minimum Gasteiger partial charge on any atom is -0.369 e. The second kappa shape index (κ2) is 3.69. The molecule has 0 bridgehead atoms. The van der Waals surface area contributed by atoms with Crippen molar-refractivity contribution in [1.82, 2.24) is 4.90 Å². The highest BCUT2D eigenvalue weighted by atomic mass is 16.1. The molecule has 1 rings (SSSR count). The van der Waals surface area contributed by atoms with Crippen LogP contribution in [0, 0.1) is 0 Å². The quantitative estimate of drug-likeness (QED) is 0.534. The molecule has 1 amide bonds. The van der Waals surface area contributed by atoms with Crippen molar-refractivity contribution in [2.75, 3.05) is 19.6 Å². The Balaban J connectivity index is 2.28. The van der Waals surface area contributed by atoms with Gasteiger partial charge in [-0.3, -0.25) is 9.69 Å². The molecule has 1 aliphatic rings. The van der Waals surface area contributed by atoms with E-state index in [0.29, 0.717) is 6.54 Å². The molecule has 1 aliphatic heterocycles. The molecule has 0 aromatic rings. The number of nitrogens with two attached hydrogens (primary N) is 2. The summed E-state index contributed by atoms with van der Waals surface area (Å²) in [7, 11) is 0. The predicted octanol–water partition coefficient (Wildman–Crippen LogP) is -1.11. The number of primary amides is 1. The molecule has 4 heteroatoms. The summed E-state index contributed by atoms with van der Waals surface area (Å²) in [6.45, 7) is 2.12. The first-order valence-electron chi connectivity index (χ1n) is 3.94. The van der Waals surface area contributed by atoms with Crippen molar-refractivity contribution in [2.24, 2.45) is 11.5 Å². The molecule has 64 valence electrons. The summed E-state index contributed by atoms with van der Waals surface area (Å²) >= 11 is 0. The number of rotatable bonds is 2. The Morgan fingerprint density at radius 2 is 2.36 bits per heavy atom. The fourth-order valence-corrected chi connectivity index (χ4v) is 1.46. The summed E-state index contributed by atoms with van der Waals surface area (Å²) in [4.78, 5) is 12.5. The molecular formula is C7H15N3O. The first-order chi connectivity index (χ1) is 5.18. The number of piperidine rings is 1. The van der Waals surface area contributed by atoms with E-state index in [1.165, 1.54) is 0 Å². The molecule has 0 aliphatic carbocycles. The van der Waals surface area contributed by atoms with E-state index in [-0.39, 0.29) is 11.9 Å². The van der Waals surface area contributed by atoms with E-state index in [1.54, 1.807) is 0 Å². The highest BCUT2D eigenvalue weighted by Gasteiger charge is 2.17. The van der Waals surface area contributed by atoms with Gasteiger partial charge in [0.05, 0.1) is 6.54 Å². The number of carbonyl (C=O) groups is 1. The molecule has 1 fully saturated rings. The molecule has 4 N–H and O–H groups in total. The van der Waals surface area contributed by atoms with E-state index in [4.69, 9.17) is 11.5 Å². The summed E-state index contributed by atoms with van der Waals surface area (Å²) in [5.74, 6) is -0.265. The molecule has 4 nitrogen and oxygen atoms in total. The molecular weight excluding hydrogens is 142 g/mol. The third kappa shape index (κ3) is 2.86. The summed E-state index contributed by atoms with van der Waals surface area (Å²) < 4.78 is 0. The Kier molecular flexibility index (Phi) is 2.84. The average Bonchev–Trinajstić information content (AvgIpc) is 1.85. The molecule has 1 unspecified atom stereocenters. The Labute approximate surface area is 66.5 Å². The topological polar surface area (TPSA) is 72.4 Å². The van der Waals surface area contributed by atoms with E-state index in [9.17, 15) is 4.79 Å². The van der Waals surface area contributed by atoms with E-state index in [2.05, 4.69) is 0 Å². The molecule has 1 saturated heterocycles. The van der Waals surface area contributed by atoms with Crippen molar-refractivity contribution in [2.45, 2.75) is 18.9 Å². The molecule has 11 heavy (non-hydrogen) atoms. The van der Waals surface area contributed by atoms with Gasteiger partial charge in [-0.05, 0) is 19.4 Å². The minimum absolute atomic E-state index is 0.225. The van der Waals surface area contributed by atoms with Crippen LogP contribution in [0.15, 0.2) is 0 Å². The lowest BCUT2D eigenvalue weighted by Gasteiger charge is -2.29. The van der Waals surface area contributed by atoms with E-state index >= 15 is 0 Å². The van der Waals surface area contributed by atoms with E-state index in [0.717, 1.165) is 25.9 Å². The van der Waals surface area contributed by atoms with Gasteiger partial charge in [-0.1, -0.05) is 0 Å². The first-order valence-corrected chi connectivity index (χ1v) is 3.94. The molecule has 1 atom stereocenters. The van der Waals surface area contributed by atoms with Gasteiger partial charge < -0.3 is 11.5 Å². The van der Waals surface area contributed by atoms with Crippen LogP contribution in [-0.4, -0.2) is 36.5 Å².